The van der Waals surface area contributed by atoms with Crippen molar-refractivity contribution in [3.05, 3.63) is 64.5 Å². The second-order valence-electron chi connectivity index (χ2n) is 5.65. The standard InChI is InChI=1S/C20H23FO2/c1-4-7-14-10-11-19(21)18(12-14)16-8-6-9-17(20(22)23-3)15(5-2)13-16/h6,8-12H,4-5,7,13H2,1-3H3. The van der Waals surface area contributed by atoms with Gasteiger partial charge in [-0.25, -0.2) is 9.18 Å². The summed E-state index contributed by atoms with van der Waals surface area (Å²) in [5.74, 6) is -0.561. The molecule has 0 aromatic heterocycles. The summed E-state index contributed by atoms with van der Waals surface area (Å²) in [5, 5.41) is 0. The number of hydrogen-bond donors (Lipinski definition) is 0. The molecule has 1 aliphatic carbocycles. The molecule has 0 radical (unpaired) electrons. The molecule has 2 nitrogen and oxygen atoms in total. The van der Waals surface area contributed by atoms with Gasteiger partial charge < -0.3 is 4.74 Å². The Kier molecular flexibility index (Phi) is 5.91. The first kappa shape index (κ1) is 17.2. The normalized spacial score (nSPS) is 14.5. The summed E-state index contributed by atoms with van der Waals surface area (Å²) >= 11 is 0. The number of halogens is 1. The fourth-order valence-electron chi connectivity index (χ4n) is 2.85. The number of methoxy groups -OCH3 is 1. The second-order valence-corrected chi connectivity index (χ2v) is 5.65. The molecule has 0 amide bonds. The van der Waals surface area contributed by atoms with E-state index in [4.69, 9.17) is 4.74 Å². The molecule has 0 heterocycles. The maximum Gasteiger partial charge on any atom is 0.337 e. The summed E-state index contributed by atoms with van der Waals surface area (Å²) in [7, 11) is 1.38. The zero-order valence-corrected chi connectivity index (χ0v) is 14.0. The van der Waals surface area contributed by atoms with E-state index in [9.17, 15) is 9.18 Å². The van der Waals surface area contributed by atoms with E-state index in [0.717, 1.165) is 36.0 Å². The molecule has 0 bridgehead atoms. The van der Waals surface area contributed by atoms with E-state index in [1.807, 2.05) is 25.1 Å². The third-order valence-corrected chi connectivity index (χ3v) is 4.09. The molecular weight excluding hydrogens is 291 g/mol. The number of ether oxygens (including phenoxy) is 1. The largest absolute Gasteiger partial charge is 0.465 e. The van der Waals surface area contributed by atoms with E-state index in [0.29, 0.717) is 17.6 Å². The SMILES string of the molecule is CCCc1ccc(F)c(C2=CC=CC(C(=O)OC)=C(CC)C2)c1. The van der Waals surface area contributed by atoms with E-state index >= 15 is 0 Å². The molecule has 0 fully saturated rings. The summed E-state index contributed by atoms with van der Waals surface area (Å²) < 4.78 is 19.2. The zero-order valence-electron chi connectivity index (χ0n) is 14.0. The van der Waals surface area contributed by atoms with Gasteiger partial charge in [-0.05, 0) is 48.6 Å². The number of esters is 1. The van der Waals surface area contributed by atoms with Crippen LogP contribution >= 0.6 is 0 Å². The maximum absolute atomic E-state index is 14.3. The Morgan fingerprint density at radius 2 is 2.09 bits per heavy atom. The molecule has 0 saturated carbocycles. The van der Waals surface area contributed by atoms with Gasteiger partial charge in [0, 0.05) is 5.56 Å². The number of carbonyl (C=O) groups excluding carboxylic acids is 1. The van der Waals surface area contributed by atoms with Gasteiger partial charge in [-0.1, -0.05) is 44.1 Å². The number of rotatable bonds is 5. The first-order valence-electron chi connectivity index (χ1n) is 8.07. The van der Waals surface area contributed by atoms with Crippen LogP contribution in [-0.2, 0) is 16.0 Å². The Morgan fingerprint density at radius 3 is 2.74 bits per heavy atom. The summed E-state index contributed by atoms with van der Waals surface area (Å²) in [6, 6.07) is 5.30. The number of hydrogen-bond acceptors (Lipinski definition) is 2. The van der Waals surface area contributed by atoms with E-state index in [1.54, 1.807) is 12.2 Å². The number of aryl methyl sites for hydroxylation is 1. The van der Waals surface area contributed by atoms with Crippen LogP contribution in [0.5, 0.6) is 0 Å². The van der Waals surface area contributed by atoms with E-state index < -0.39 is 0 Å². The minimum atomic E-state index is -0.340. The highest BCUT2D eigenvalue weighted by atomic mass is 19.1. The molecule has 1 aliphatic rings. The van der Waals surface area contributed by atoms with Crippen molar-refractivity contribution in [2.45, 2.75) is 39.5 Å². The monoisotopic (exact) mass is 314 g/mol. The van der Waals surface area contributed by atoms with E-state index in [2.05, 4.69) is 6.92 Å². The molecule has 1 aromatic carbocycles. The highest BCUT2D eigenvalue weighted by molar-refractivity contribution is 5.93. The highest BCUT2D eigenvalue weighted by Crippen LogP contribution is 2.31. The Balaban J connectivity index is 2.41. The van der Waals surface area contributed by atoms with Crippen LogP contribution in [-0.4, -0.2) is 13.1 Å². The molecule has 0 N–H and O–H groups in total. The van der Waals surface area contributed by atoms with Crippen molar-refractivity contribution in [2.75, 3.05) is 7.11 Å². The van der Waals surface area contributed by atoms with Gasteiger partial charge in [-0.2, -0.15) is 0 Å². The Morgan fingerprint density at radius 1 is 1.30 bits per heavy atom. The van der Waals surface area contributed by atoms with Crippen LogP contribution in [0.4, 0.5) is 4.39 Å². The Bertz CT molecular complexity index is 681. The molecule has 0 saturated heterocycles. The summed E-state index contributed by atoms with van der Waals surface area (Å²) in [6.07, 6.45) is 8.68. The number of allylic oxidation sites excluding steroid dienone is 4. The van der Waals surface area contributed by atoms with Gasteiger partial charge >= 0.3 is 5.97 Å². The fourth-order valence-corrected chi connectivity index (χ4v) is 2.85. The fraction of sp³-hybridized carbons (Fsp3) is 0.350. The van der Waals surface area contributed by atoms with Crippen LogP contribution in [0.1, 0.15) is 44.2 Å². The summed E-state index contributed by atoms with van der Waals surface area (Å²) in [4.78, 5) is 11.9. The van der Waals surface area contributed by atoms with Crippen LogP contribution in [0.3, 0.4) is 0 Å². The average Bonchev–Trinajstić information content (AvgIpc) is 2.78. The van der Waals surface area contributed by atoms with Crippen molar-refractivity contribution in [2.24, 2.45) is 0 Å². The van der Waals surface area contributed by atoms with Crippen molar-refractivity contribution in [1.82, 2.24) is 0 Å². The minimum Gasteiger partial charge on any atom is -0.465 e. The molecule has 23 heavy (non-hydrogen) atoms. The van der Waals surface area contributed by atoms with Crippen LogP contribution < -0.4 is 0 Å². The van der Waals surface area contributed by atoms with Gasteiger partial charge in [-0.15, -0.1) is 0 Å². The lowest BCUT2D eigenvalue weighted by atomic mass is 9.93. The van der Waals surface area contributed by atoms with Crippen molar-refractivity contribution in [3.63, 3.8) is 0 Å². The Hall–Kier alpha value is -2.16. The van der Waals surface area contributed by atoms with Gasteiger partial charge in [0.15, 0.2) is 0 Å². The predicted octanol–water partition coefficient (Wildman–Crippen LogP) is 5.00. The lowest BCUT2D eigenvalue weighted by molar-refractivity contribution is -0.135. The molecule has 0 unspecified atom stereocenters. The second kappa shape index (κ2) is 7.91. The first-order chi connectivity index (χ1) is 11.1. The average molecular weight is 314 g/mol. The predicted molar refractivity (Wildman–Crippen MR) is 91.5 cm³/mol. The van der Waals surface area contributed by atoms with Crippen LogP contribution in [0.15, 0.2) is 47.6 Å². The van der Waals surface area contributed by atoms with Crippen LogP contribution in [0, 0.1) is 5.82 Å². The first-order valence-corrected chi connectivity index (χ1v) is 8.07. The molecule has 1 aromatic rings. The van der Waals surface area contributed by atoms with Gasteiger partial charge in [0.1, 0.15) is 5.82 Å². The molecule has 0 spiro atoms. The third kappa shape index (κ3) is 3.98. The lowest BCUT2D eigenvalue weighted by Crippen LogP contribution is -2.06. The zero-order chi connectivity index (χ0) is 16.8. The van der Waals surface area contributed by atoms with Gasteiger partial charge in [0.25, 0.3) is 0 Å². The lowest BCUT2D eigenvalue weighted by Gasteiger charge is -2.13. The molecule has 2 rings (SSSR count). The van der Waals surface area contributed by atoms with Crippen molar-refractivity contribution < 1.29 is 13.9 Å². The third-order valence-electron chi connectivity index (χ3n) is 4.09. The minimum absolute atomic E-state index is 0.221. The van der Waals surface area contributed by atoms with E-state index in [-0.39, 0.29) is 11.8 Å². The molecule has 0 atom stereocenters. The molecule has 0 aliphatic heterocycles. The number of benzene rings is 1. The van der Waals surface area contributed by atoms with Crippen LogP contribution in [0.2, 0.25) is 0 Å². The molecular formula is C20H23FO2. The van der Waals surface area contributed by atoms with Crippen molar-refractivity contribution in [3.8, 4) is 0 Å². The highest BCUT2D eigenvalue weighted by Gasteiger charge is 2.18. The topological polar surface area (TPSA) is 26.3 Å². The van der Waals surface area contributed by atoms with E-state index in [1.165, 1.54) is 13.2 Å². The van der Waals surface area contributed by atoms with Gasteiger partial charge in [0.05, 0.1) is 12.7 Å². The maximum atomic E-state index is 14.3. The Labute approximate surface area is 137 Å². The summed E-state index contributed by atoms with van der Waals surface area (Å²) in [6.45, 7) is 4.11. The molecule has 3 heteroatoms. The quantitative estimate of drug-likeness (QED) is 0.715. The van der Waals surface area contributed by atoms with Crippen LogP contribution in [0.25, 0.3) is 5.57 Å². The molecule has 122 valence electrons. The van der Waals surface area contributed by atoms with Gasteiger partial charge in [0.2, 0.25) is 0 Å². The number of carbonyl (C=O) groups is 1. The van der Waals surface area contributed by atoms with Crippen molar-refractivity contribution in [1.29, 1.82) is 0 Å². The smallest absolute Gasteiger partial charge is 0.337 e. The summed E-state index contributed by atoms with van der Waals surface area (Å²) in [5.41, 5.74) is 4.20. The van der Waals surface area contributed by atoms with Crippen molar-refractivity contribution >= 4 is 11.5 Å². The van der Waals surface area contributed by atoms with Gasteiger partial charge in [-0.3, -0.25) is 0 Å².